The molecule has 0 fully saturated rings. The highest BCUT2D eigenvalue weighted by Crippen LogP contribution is 2.50. The van der Waals surface area contributed by atoms with Crippen molar-refractivity contribution < 1.29 is 4.79 Å². The molecule has 19 heavy (non-hydrogen) atoms. The highest BCUT2D eigenvalue weighted by Gasteiger charge is 2.47. The molecule has 1 nitrogen and oxygen atoms in total. The lowest BCUT2D eigenvalue weighted by Gasteiger charge is -2.27. The summed E-state index contributed by atoms with van der Waals surface area (Å²) in [6, 6.07) is 0. The summed E-state index contributed by atoms with van der Waals surface area (Å²) < 4.78 is 0. The van der Waals surface area contributed by atoms with Crippen molar-refractivity contribution in [2.75, 3.05) is 0 Å². The first-order valence-corrected chi connectivity index (χ1v) is 8.33. The van der Waals surface area contributed by atoms with E-state index in [1.165, 1.54) is 11.1 Å². The van der Waals surface area contributed by atoms with Crippen LogP contribution in [0.15, 0.2) is 11.1 Å². The van der Waals surface area contributed by atoms with Gasteiger partial charge in [-0.2, -0.15) is 0 Å². The molecule has 0 unspecified atom stereocenters. The van der Waals surface area contributed by atoms with Crippen LogP contribution in [0.4, 0.5) is 0 Å². The lowest BCUT2D eigenvalue weighted by molar-refractivity contribution is -0.128. The first-order valence-electron chi connectivity index (χ1n) is 8.33. The number of carbonyl (C=O) groups excluding carboxylic acids is 1. The zero-order valence-electron chi connectivity index (χ0n) is 13.6. The van der Waals surface area contributed by atoms with Gasteiger partial charge < -0.3 is 0 Å². The van der Waals surface area contributed by atoms with E-state index in [-0.39, 0.29) is 11.3 Å². The van der Waals surface area contributed by atoms with E-state index in [0.717, 1.165) is 51.4 Å². The molecular formula is C18H32O. The Labute approximate surface area is 119 Å². The SMILES string of the molecule is CCCC1=C(CCC)[C@](C)(CCC)C(=O)[C@H]1CCC. The molecule has 2 atom stereocenters. The molecule has 1 rings (SSSR count). The van der Waals surface area contributed by atoms with Crippen molar-refractivity contribution in [2.24, 2.45) is 11.3 Å². The number of rotatable bonds is 8. The van der Waals surface area contributed by atoms with Gasteiger partial charge in [-0.1, -0.05) is 64.5 Å². The van der Waals surface area contributed by atoms with Gasteiger partial charge in [0.25, 0.3) is 0 Å². The summed E-state index contributed by atoms with van der Waals surface area (Å²) in [6.45, 7) is 11.1. The summed E-state index contributed by atoms with van der Waals surface area (Å²) in [5.74, 6) is 0.770. The van der Waals surface area contributed by atoms with Crippen LogP contribution < -0.4 is 0 Å². The molecular weight excluding hydrogens is 232 g/mol. The summed E-state index contributed by atoms with van der Waals surface area (Å²) in [5, 5.41) is 0. The highest BCUT2D eigenvalue weighted by atomic mass is 16.1. The molecule has 0 aromatic carbocycles. The largest absolute Gasteiger partial charge is 0.298 e. The normalized spacial score (nSPS) is 27.4. The van der Waals surface area contributed by atoms with Crippen molar-refractivity contribution in [3.63, 3.8) is 0 Å². The van der Waals surface area contributed by atoms with Gasteiger partial charge >= 0.3 is 0 Å². The molecule has 1 aliphatic carbocycles. The van der Waals surface area contributed by atoms with Crippen molar-refractivity contribution in [1.29, 1.82) is 0 Å². The maximum Gasteiger partial charge on any atom is 0.149 e. The molecule has 0 saturated heterocycles. The molecule has 1 heteroatoms. The van der Waals surface area contributed by atoms with E-state index in [4.69, 9.17) is 0 Å². The van der Waals surface area contributed by atoms with E-state index in [9.17, 15) is 4.79 Å². The second kappa shape index (κ2) is 7.26. The Kier molecular flexibility index (Phi) is 6.29. The smallest absolute Gasteiger partial charge is 0.149 e. The van der Waals surface area contributed by atoms with E-state index in [0.29, 0.717) is 5.78 Å². The third-order valence-corrected chi connectivity index (χ3v) is 4.68. The molecule has 1 aliphatic rings. The molecule has 0 aromatic heterocycles. The number of hydrogen-bond acceptors (Lipinski definition) is 1. The fraction of sp³-hybridized carbons (Fsp3) is 0.833. The van der Waals surface area contributed by atoms with Crippen LogP contribution >= 0.6 is 0 Å². The Morgan fingerprint density at radius 2 is 1.58 bits per heavy atom. The van der Waals surface area contributed by atoms with Crippen molar-refractivity contribution in [1.82, 2.24) is 0 Å². The van der Waals surface area contributed by atoms with Gasteiger partial charge in [0.15, 0.2) is 0 Å². The van der Waals surface area contributed by atoms with Gasteiger partial charge in [0, 0.05) is 11.3 Å². The van der Waals surface area contributed by atoms with Crippen LogP contribution in [0.1, 0.15) is 86.0 Å². The maximum absolute atomic E-state index is 12.9. The summed E-state index contributed by atoms with van der Waals surface area (Å²) in [5.41, 5.74) is 2.89. The molecule has 0 N–H and O–H groups in total. The highest BCUT2D eigenvalue weighted by molar-refractivity contribution is 5.95. The summed E-state index contributed by atoms with van der Waals surface area (Å²) >= 11 is 0. The molecule has 0 spiro atoms. The van der Waals surface area contributed by atoms with E-state index in [1.807, 2.05) is 0 Å². The second-order valence-corrected chi connectivity index (χ2v) is 6.29. The van der Waals surface area contributed by atoms with Gasteiger partial charge in [0.05, 0.1) is 0 Å². The van der Waals surface area contributed by atoms with Gasteiger partial charge in [-0.3, -0.25) is 4.79 Å². The van der Waals surface area contributed by atoms with Crippen LogP contribution in [0, 0.1) is 11.3 Å². The molecule has 110 valence electrons. The number of ketones is 1. The number of carbonyl (C=O) groups is 1. The topological polar surface area (TPSA) is 17.1 Å². The van der Waals surface area contributed by atoms with Crippen LogP contribution in [0.5, 0.6) is 0 Å². The Hall–Kier alpha value is -0.590. The van der Waals surface area contributed by atoms with Gasteiger partial charge in [-0.05, 0) is 32.6 Å². The van der Waals surface area contributed by atoms with Gasteiger partial charge in [-0.25, -0.2) is 0 Å². The molecule has 0 heterocycles. The minimum atomic E-state index is -0.144. The van der Waals surface area contributed by atoms with Crippen molar-refractivity contribution in [3.8, 4) is 0 Å². The molecule has 0 bridgehead atoms. The van der Waals surface area contributed by atoms with Crippen LogP contribution in [0.25, 0.3) is 0 Å². The standard InChI is InChI=1S/C18H32O/c1-6-10-14-15(11-7-2)17(19)18(5,13-9-4)16(14)12-8-3/h15H,6-13H2,1-5H3/t15-,18-/m0/s1. The lowest BCUT2D eigenvalue weighted by Crippen LogP contribution is -2.29. The Morgan fingerprint density at radius 3 is 2.05 bits per heavy atom. The first kappa shape index (κ1) is 16.5. The third kappa shape index (κ3) is 3.12. The summed E-state index contributed by atoms with van der Waals surface area (Å²) in [4.78, 5) is 12.9. The van der Waals surface area contributed by atoms with Crippen LogP contribution in [-0.2, 0) is 4.79 Å². The molecule has 0 saturated carbocycles. The fourth-order valence-corrected chi connectivity index (χ4v) is 3.91. The second-order valence-electron chi connectivity index (χ2n) is 6.29. The van der Waals surface area contributed by atoms with Crippen LogP contribution in [-0.4, -0.2) is 5.78 Å². The minimum absolute atomic E-state index is 0.144. The third-order valence-electron chi connectivity index (χ3n) is 4.68. The molecule has 0 amide bonds. The van der Waals surface area contributed by atoms with Crippen molar-refractivity contribution >= 4 is 5.78 Å². The summed E-state index contributed by atoms with van der Waals surface area (Å²) in [6.07, 6.45) is 8.89. The minimum Gasteiger partial charge on any atom is -0.298 e. The van der Waals surface area contributed by atoms with Gasteiger partial charge in [0.2, 0.25) is 0 Å². The van der Waals surface area contributed by atoms with Crippen molar-refractivity contribution in [3.05, 3.63) is 11.1 Å². The van der Waals surface area contributed by atoms with Crippen molar-refractivity contribution in [2.45, 2.75) is 86.0 Å². The van der Waals surface area contributed by atoms with E-state index >= 15 is 0 Å². The lowest BCUT2D eigenvalue weighted by atomic mass is 9.75. The number of allylic oxidation sites excluding steroid dienone is 2. The van der Waals surface area contributed by atoms with E-state index in [2.05, 4.69) is 34.6 Å². The predicted molar refractivity (Wildman–Crippen MR) is 83.3 cm³/mol. The average Bonchev–Trinajstić information content (AvgIpc) is 2.56. The molecule has 0 radical (unpaired) electrons. The number of hydrogen-bond donors (Lipinski definition) is 0. The quantitative estimate of drug-likeness (QED) is 0.515. The fourth-order valence-electron chi connectivity index (χ4n) is 3.91. The summed E-state index contributed by atoms with van der Waals surface area (Å²) in [7, 11) is 0. The first-order chi connectivity index (χ1) is 9.06. The van der Waals surface area contributed by atoms with E-state index < -0.39 is 0 Å². The Morgan fingerprint density at radius 1 is 0.947 bits per heavy atom. The number of Topliss-reactive ketones (excluding diaryl/α,β-unsaturated/α-hetero) is 1. The van der Waals surface area contributed by atoms with E-state index in [1.54, 1.807) is 0 Å². The predicted octanol–water partition coefficient (Wildman–Crippen LogP) is 5.69. The maximum atomic E-state index is 12.9. The Balaban J connectivity index is 3.20. The Bertz CT molecular complexity index is 340. The van der Waals surface area contributed by atoms with Gasteiger partial charge in [-0.15, -0.1) is 0 Å². The van der Waals surface area contributed by atoms with Gasteiger partial charge in [0.1, 0.15) is 5.78 Å². The molecule has 0 aliphatic heterocycles. The average molecular weight is 264 g/mol. The zero-order chi connectivity index (χ0) is 14.5. The zero-order valence-corrected chi connectivity index (χ0v) is 13.6. The van der Waals surface area contributed by atoms with Crippen LogP contribution in [0.2, 0.25) is 0 Å². The van der Waals surface area contributed by atoms with Crippen LogP contribution in [0.3, 0.4) is 0 Å². The molecule has 0 aromatic rings. The monoisotopic (exact) mass is 264 g/mol.